The number of benzene rings is 2. The van der Waals surface area contributed by atoms with Gasteiger partial charge < -0.3 is 10.5 Å². The molecule has 0 spiro atoms. The Bertz CT molecular complexity index is 877. The summed E-state index contributed by atoms with van der Waals surface area (Å²) in [5, 5.41) is -1.04. The van der Waals surface area contributed by atoms with Crippen LogP contribution in [0.1, 0.15) is 24.0 Å². The van der Waals surface area contributed by atoms with Gasteiger partial charge in [0.15, 0.2) is 9.84 Å². The number of ether oxygens (including phenoxy) is 1. The van der Waals surface area contributed by atoms with Crippen molar-refractivity contribution < 1.29 is 17.9 Å². The van der Waals surface area contributed by atoms with Crippen molar-refractivity contribution in [2.45, 2.75) is 35.4 Å². The molecule has 0 bridgehead atoms. The molecule has 0 aliphatic heterocycles. The molecule has 1 fully saturated rings. The molecule has 1 aliphatic rings. The van der Waals surface area contributed by atoms with E-state index in [4.69, 9.17) is 10.5 Å². The average molecular weight is 359 g/mol. The lowest BCUT2D eigenvalue weighted by atomic mass is 10.1. The summed E-state index contributed by atoms with van der Waals surface area (Å²) < 4.78 is 31.3. The predicted octanol–water partition coefficient (Wildman–Crippen LogP) is 2.20. The number of sulfone groups is 1. The van der Waals surface area contributed by atoms with Gasteiger partial charge in [0.05, 0.1) is 11.5 Å². The van der Waals surface area contributed by atoms with Gasteiger partial charge in [0, 0.05) is 5.92 Å². The Morgan fingerprint density at radius 3 is 2.28 bits per heavy atom. The second kappa shape index (κ2) is 6.28. The van der Waals surface area contributed by atoms with E-state index >= 15 is 0 Å². The van der Waals surface area contributed by atoms with Crippen LogP contribution in [0.4, 0.5) is 0 Å². The Morgan fingerprint density at radius 1 is 1.12 bits per heavy atom. The van der Waals surface area contributed by atoms with Gasteiger partial charge in [0.25, 0.3) is 0 Å². The second-order valence-electron chi connectivity index (χ2n) is 6.32. The van der Waals surface area contributed by atoms with Crippen molar-refractivity contribution in [3.05, 3.63) is 65.7 Å². The minimum absolute atomic E-state index is 0.149. The van der Waals surface area contributed by atoms with Crippen LogP contribution in [0.2, 0.25) is 0 Å². The summed E-state index contributed by atoms with van der Waals surface area (Å²) in [5.41, 5.74) is 6.41. The average Bonchev–Trinajstić information content (AvgIpc) is 3.25. The van der Waals surface area contributed by atoms with Crippen LogP contribution in [0.5, 0.6) is 0 Å². The summed E-state index contributed by atoms with van der Waals surface area (Å²) in [5.74, 6) is -1.30. The lowest BCUT2D eigenvalue weighted by molar-refractivity contribution is -0.145. The van der Waals surface area contributed by atoms with E-state index in [9.17, 15) is 13.2 Å². The molecule has 25 heavy (non-hydrogen) atoms. The summed E-state index contributed by atoms with van der Waals surface area (Å²) in [6.07, 6.45) is 0. The van der Waals surface area contributed by atoms with Crippen molar-refractivity contribution in [1.29, 1.82) is 0 Å². The third-order valence-electron chi connectivity index (χ3n) is 4.65. The van der Waals surface area contributed by atoms with Crippen molar-refractivity contribution in [1.82, 2.24) is 0 Å². The fourth-order valence-electron chi connectivity index (χ4n) is 3.29. The Balaban J connectivity index is 2.05. The van der Waals surface area contributed by atoms with Gasteiger partial charge in [0.2, 0.25) is 0 Å². The molecule has 5 nitrogen and oxygen atoms in total. The van der Waals surface area contributed by atoms with Crippen LogP contribution in [0.15, 0.2) is 59.5 Å². The zero-order valence-electron chi connectivity index (χ0n) is 14.2. The minimum atomic E-state index is -3.78. The molecule has 1 saturated carbocycles. The number of nitrogens with two attached hydrogens (primary N) is 1. The SMILES string of the molecule is CCOC(=O)[C@@]1(N)[C@H](c2ccccc2)[C@@H]1S(=O)(=O)c1ccc(C)cc1. The summed E-state index contributed by atoms with van der Waals surface area (Å²) >= 11 is 0. The molecule has 0 heterocycles. The molecule has 0 saturated heterocycles. The van der Waals surface area contributed by atoms with Crippen LogP contribution >= 0.6 is 0 Å². The highest BCUT2D eigenvalue weighted by Gasteiger charge is 2.74. The van der Waals surface area contributed by atoms with E-state index < -0.39 is 32.5 Å². The summed E-state index contributed by atoms with van der Waals surface area (Å²) in [7, 11) is -3.78. The number of rotatable bonds is 5. The van der Waals surface area contributed by atoms with Gasteiger partial charge in [0.1, 0.15) is 10.8 Å². The quantitative estimate of drug-likeness (QED) is 0.827. The van der Waals surface area contributed by atoms with E-state index in [2.05, 4.69) is 0 Å². The molecule has 1 aliphatic carbocycles. The molecule has 2 aromatic rings. The number of aryl methyl sites for hydroxylation is 1. The molecule has 3 rings (SSSR count). The first kappa shape index (κ1) is 17.6. The molecular weight excluding hydrogens is 338 g/mol. The van der Waals surface area contributed by atoms with E-state index in [0.717, 1.165) is 11.1 Å². The van der Waals surface area contributed by atoms with Crippen LogP contribution < -0.4 is 5.73 Å². The van der Waals surface area contributed by atoms with Crippen LogP contribution in [0.25, 0.3) is 0 Å². The zero-order valence-corrected chi connectivity index (χ0v) is 15.0. The number of carbonyl (C=O) groups excluding carboxylic acids is 1. The molecule has 0 aromatic heterocycles. The highest BCUT2D eigenvalue weighted by Crippen LogP contribution is 2.56. The Labute approximate surface area is 147 Å². The van der Waals surface area contributed by atoms with Crippen LogP contribution in [-0.4, -0.2) is 31.8 Å². The first-order valence-electron chi connectivity index (χ1n) is 8.15. The van der Waals surface area contributed by atoms with Gasteiger partial charge in [-0.15, -0.1) is 0 Å². The fraction of sp³-hybridized carbons (Fsp3) is 0.316. The third-order valence-corrected chi connectivity index (χ3v) is 6.91. The first-order valence-corrected chi connectivity index (χ1v) is 9.69. The largest absolute Gasteiger partial charge is 0.465 e. The second-order valence-corrected chi connectivity index (χ2v) is 8.39. The normalized spacial score (nSPS) is 25.4. The lowest BCUT2D eigenvalue weighted by Crippen LogP contribution is -2.41. The molecule has 0 radical (unpaired) electrons. The van der Waals surface area contributed by atoms with Crippen LogP contribution in [0.3, 0.4) is 0 Å². The van der Waals surface area contributed by atoms with Gasteiger partial charge in [-0.1, -0.05) is 48.0 Å². The number of esters is 1. The Hall–Kier alpha value is -2.18. The highest BCUT2D eigenvalue weighted by atomic mass is 32.2. The molecule has 2 aromatic carbocycles. The molecule has 132 valence electrons. The highest BCUT2D eigenvalue weighted by molar-refractivity contribution is 7.92. The van der Waals surface area contributed by atoms with Crippen molar-refractivity contribution >= 4 is 15.8 Å². The third kappa shape index (κ3) is 2.85. The smallest absolute Gasteiger partial charge is 0.328 e. The van der Waals surface area contributed by atoms with Crippen molar-refractivity contribution in [2.75, 3.05) is 6.61 Å². The minimum Gasteiger partial charge on any atom is -0.465 e. The van der Waals surface area contributed by atoms with Crippen molar-refractivity contribution in [3.63, 3.8) is 0 Å². The molecule has 2 N–H and O–H groups in total. The number of hydrogen-bond acceptors (Lipinski definition) is 5. The molecule has 0 amide bonds. The van der Waals surface area contributed by atoms with E-state index in [1.807, 2.05) is 13.0 Å². The maximum atomic E-state index is 13.1. The van der Waals surface area contributed by atoms with E-state index in [-0.39, 0.29) is 11.5 Å². The van der Waals surface area contributed by atoms with Crippen molar-refractivity contribution in [2.24, 2.45) is 5.73 Å². The maximum absolute atomic E-state index is 13.1. The summed E-state index contributed by atoms with van der Waals surface area (Å²) in [4.78, 5) is 12.6. The molecular formula is C19H21NO4S. The van der Waals surface area contributed by atoms with Gasteiger partial charge in [-0.05, 0) is 31.5 Å². The number of carbonyl (C=O) groups is 1. The molecule has 3 atom stereocenters. The first-order chi connectivity index (χ1) is 11.8. The maximum Gasteiger partial charge on any atom is 0.328 e. The predicted molar refractivity (Wildman–Crippen MR) is 94.9 cm³/mol. The van der Waals surface area contributed by atoms with Crippen LogP contribution in [-0.2, 0) is 19.4 Å². The van der Waals surface area contributed by atoms with Gasteiger partial charge in [-0.2, -0.15) is 0 Å². The molecule has 6 heteroatoms. The fourth-order valence-corrected chi connectivity index (χ4v) is 5.52. The van der Waals surface area contributed by atoms with E-state index in [1.54, 1.807) is 55.5 Å². The summed E-state index contributed by atoms with van der Waals surface area (Å²) in [6.45, 7) is 3.70. The van der Waals surface area contributed by atoms with E-state index in [0.29, 0.717) is 0 Å². The van der Waals surface area contributed by atoms with Gasteiger partial charge in [-0.25, -0.2) is 13.2 Å². The van der Waals surface area contributed by atoms with Crippen LogP contribution in [0, 0.1) is 6.92 Å². The standard InChI is InChI=1S/C19H21NO4S/c1-3-24-18(21)19(20)16(14-7-5-4-6-8-14)17(19)25(22,23)15-11-9-13(2)10-12-15/h4-12,16-17H,3,20H2,1-2H3/t16-,17+,19-/m1/s1. The molecule has 0 unspecified atom stereocenters. The Morgan fingerprint density at radius 2 is 1.72 bits per heavy atom. The van der Waals surface area contributed by atoms with Gasteiger partial charge >= 0.3 is 5.97 Å². The van der Waals surface area contributed by atoms with Crippen molar-refractivity contribution in [3.8, 4) is 0 Å². The topological polar surface area (TPSA) is 86.5 Å². The summed E-state index contributed by atoms with van der Waals surface area (Å²) in [6, 6.07) is 15.6. The number of hydrogen-bond donors (Lipinski definition) is 1. The monoisotopic (exact) mass is 359 g/mol. The lowest BCUT2D eigenvalue weighted by Gasteiger charge is -2.11. The zero-order chi connectivity index (χ0) is 18.2. The Kier molecular flexibility index (Phi) is 4.43. The van der Waals surface area contributed by atoms with E-state index in [1.165, 1.54) is 0 Å². The van der Waals surface area contributed by atoms with Gasteiger partial charge in [-0.3, -0.25) is 0 Å².